The maximum Gasteiger partial charge on any atom is 0.237 e. The number of amides is 1. The van der Waals surface area contributed by atoms with Crippen LogP contribution in [0.25, 0.3) is 0 Å². The third-order valence-electron chi connectivity index (χ3n) is 3.58. The smallest absolute Gasteiger partial charge is 0.237 e. The molecule has 1 aliphatic heterocycles. The molecule has 4 heteroatoms. The van der Waals surface area contributed by atoms with E-state index in [0.29, 0.717) is 12.5 Å². The topological polar surface area (TPSA) is 41.1 Å². The van der Waals surface area contributed by atoms with Crippen molar-refractivity contribution in [3.8, 4) is 0 Å². The van der Waals surface area contributed by atoms with E-state index in [9.17, 15) is 4.79 Å². The highest BCUT2D eigenvalue weighted by atomic mass is 35.5. The van der Waals surface area contributed by atoms with Crippen molar-refractivity contribution < 1.29 is 4.79 Å². The first kappa shape index (κ1) is 16.0. The first-order chi connectivity index (χ1) is 8.77. The molecule has 0 saturated carbocycles. The highest BCUT2D eigenvalue weighted by Crippen LogP contribution is 2.13. The molecule has 1 heterocycles. The summed E-state index contributed by atoms with van der Waals surface area (Å²) in [4.78, 5) is 12.0. The lowest BCUT2D eigenvalue weighted by molar-refractivity contribution is -0.123. The molecule has 2 atom stereocenters. The van der Waals surface area contributed by atoms with Gasteiger partial charge in [-0.25, -0.2) is 0 Å². The van der Waals surface area contributed by atoms with E-state index in [-0.39, 0.29) is 24.4 Å². The van der Waals surface area contributed by atoms with Crippen LogP contribution in [0.15, 0.2) is 30.3 Å². The lowest BCUT2D eigenvalue weighted by Crippen LogP contribution is -2.47. The quantitative estimate of drug-likeness (QED) is 0.891. The minimum atomic E-state index is 0. The first-order valence-corrected chi connectivity index (χ1v) is 6.83. The van der Waals surface area contributed by atoms with Gasteiger partial charge >= 0.3 is 0 Å². The van der Waals surface area contributed by atoms with Crippen LogP contribution in [0.3, 0.4) is 0 Å². The fourth-order valence-corrected chi connectivity index (χ4v) is 2.35. The third kappa shape index (κ3) is 4.84. The van der Waals surface area contributed by atoms with E-state index in [2.05, 4.69) is 29.7 Å². The molecule has 1 fully saturated rings. The maximum atomic E-state index is 12.0. The van der Waals surface area contributed by atoms with Gasteiger partial charge in [0.25, 0.3) is 0 Å². The van der Waals surface area contributed by atoms with Crippen molar-refractivity contribution in [1.29, 1.82) is 0 Å². The van der Waals surface area contributed by atoms with Crippen LogP contribution < -0.4 is 10.6 Å². The highest BCUT2D eigenvalue weighted by Gasteiger charge is 2.20. The van der Waals surface area contributed by atoms with Crippen LogP contribution in [0.1, 0.15) is 37.7 Å². The van der Waals surface area contributed by atoms with Crippen LogP contribution >= 0.6 is 12.4 Å². The molecule has 0 aliphatic carbocycles. The van der Waals surface area contributed by atoms with E-state index in [1.165, 1.54) is 12.0 Å². The average Bonchev–Trinajstić information content (AvgIpc) is 2.46. The Bertz CT molecular complexity index is 377. The normalized spacial score (nSPS) is 20.2. The fraction of sp³-hybridized carbons (Fsp3) is 0.533. The minimum Gasteiger partial charge on any atom is -0.354 e. The maximum absolute atomic E-state index is 12.0. The zero-order valence-electron chi connectivity index (χ0n) is 11.4. The molecule has 1 amide bonds. The lowest BCUT2D eigenvalue weighted by Gasteiger charge is -2.23. The average molecular weight is 283 g/mol. The van der Waals surface area contributed by atoms with E-state index in [4.69, 9.17) is 0 Å². The summed E-state index contributed by atoms with van der Waals surface area (Å²) in [6.45, 7) is 3.82. The van der Waals surface area contributed by atoms with Gasteiger partial charge in [0.1, 0.15) is 0 Å². The van der Waals surface area contributed by atoms with Gasteiger partial charge < -0.3 is 10.6 Å². The van der Waals surface area contributed by atoms with Crippen molar-refractivity contribution in [3.05, 3.63) is 35.9 Å². The van der Waals surface area contributed by atoms with Gasteiger partial charge in [-0.3, -0.25) is 4.79 Å². The number of hydrogen-bond acceptors (Lipinski definition) is 2. The molecule has 106 valence electrons. The van der Waals surface area contributed by atoms with E-state index < -0.39 is 0 Å². The van der Waals surface area contributed by atoms with Gasteiger partial charge in [0.15, 0.2) is 0 Å². The van der Waals surface area contributed by atoms with Crippen LogP contribution in [-0.2, 0) is 4.79 Å². The van der Waals surface area contributed by atoms with E-state index in [1.54, 1.807) is 0 Å². The molecule has 0 spiro atoms. The SMILES string of the molecule is CC(CNC(=O)[C@H]1CCCCN1)c1ccccc1.Cl. The Morgan fingerprint density at radius 2 is 2.11 bits per heavy atom. The largest absolute Gasteiger partial charge is 0.354 e. The summed E-state index contributed by atoms with van der Waals surface area (Å²) in [7, 11) is 0. The van der Waals surface area contributed by atoms with Gasteiger partial charge in [-0.1, -0.05) is 43.7 Å². The number of carbonyl (C=O) groups is 1. The van der Waals surface area contributed by atoms with Gasteiger partial charge in [-0.15, -0.1) is 12.4 Å². The zero-order valence-corrected chi connectivity index (χ0v) is 12.2. The van der Waals surface area contributed by atoms with Gasteiger partial charge in [0, 0.05) is 6.54 Å². The lowest BCUT2D eigenvalue weighted by atomic mass is 10.0. The third-order valence-corrected chi connectivity index (χ3v) is 3.58. The van der Waals surface area contributed by atoms with Crippen molar-refractivity contribution in [3.63, 3.8) is 0 Å². The Kier molecular flexibility index (Phi) is 6.89. The number of halogens is 1. The Morgan fingerprint density at radius 1 is 1.37 bits per heavy atom. The van der Waals surface area contributed by atoms with Crippen molar-refractivity contribution in [2.75, 3.05) is 13.1 Å². The molecular weight excluding hydrogens is 260 g/mol. The molecular formula is C15H23ClN2O. The molecule has 1 aliphatic rings. The molecule has 3 nitrogen and oxygen atoms in total. The molecule has 2 rings (SSSR count). The van der Waals surface area contributed by atoms with E-state index in [0.717, 1.165) is 19.4 Å². The van der Waals surface area contributed by atoms with Crippen molar-refractivity contribution in [2.24, 2.45) is 0 Å². The van der Waals surface area contributed by atoms with Gasteiger partial charge in [-0.05, 0) is 30.9 Å². The number of piperidine rings is 1. The summed E-state index contributed by atoms with van der Waals surface area (Å²) in [5, 5.41) is 6.32. The summed E-state index contributed by atoms with van der Waals surface area (Å²) >= 11 is 0. The van der Waals surface area contributed by atoms with Crippen LogP contribution in [0.4, 0.5) is 0 Å². The summed E-state index contributed by atoms with van der Waals surface area (Å²) in [6.07, 6.45) is 3.30. The van der Waals surface area contributed by atoms with Gasteiger partial charge in [0.05, 0.1) is 6.04 Å². The molecule has 1 saturated heterocycles. The molecule has 2 N–H and O–H groups in total. The highest BCUT2D eigenvalue weighted by molar-refractivity contribution is 5.85. The molecule has 1 aromatic rings. The molecule has 0 aromatic heterocycles. The monoisotopic (exact) mass is 282 g/mol. The van der Waals surface area contributed by atoms with Crippen molar-refractivity contribution in [2.45, 2.75) is 38.1 Å². The Morgan fingerprint density at radius 3 is 2.74 bits per heavy atom. The molecule has 1 unspecified atom stereocenters. The predicted molar refractivity (Wildman–Crippen MR) is 80.8 cm³/mol. The number of rotatable bonds is 4. The Hall–Kier alpha value is -1.06. The fourth-order valence-electron chi connectivity index (χ4n) is 2.35. The van der Waals surface area contributed by atoms with E-state index in [1.807, 2.05) is 18.2 Å². The summed E-state index contributed by atoms with van der Waals surface area (Å²) in [5.74, 6) is 0.510. The second-order valence-electron chi connectivity index (χ2n) is 5.06. The molecule has 0 radical (unpaired) electrons. The van der Waals surface area contributed by atoms with Crippen LogP contribution in [-0.4, -0.2) is 25.0 Å². The second kappa shape index (κ2) is 8.18. The standard InChI is InChI=1S/C15H22N2O.ClH/c1-12(13-7-3-2-4-8-13)11-17-15(18)14-9-5-6-10-16-14;/h2-4,7-8,12,14,16H,5-6,9-11H2,1H3,(H,17,18);1H/t12?,14-;/m1./s1. The zero-order chi connectivity index (χ0) is 12.8. The van der Waals surface area contributed by atoms with E-state index >= 15 is 0 Å². The molecule has 19 heavy (non-hydrogen) atoms. The predicted octanol–water partition coefficient (Wildman–Crippen LogP) is 2.47. The van der Waals surface area contributed by atoms with Crippen molar-refractivity contribution >= 4 is 18.3 Å². The summed E-state index contributed by atoms with van der Waals surface area (Å²) < 4.78 is 0. The molecule has 0 bridgehead atoms. The number of carbonyl (C=O) groups excluding carboxylic acids is 1. The van der Waals surface area contributed by atoms with Crippen LogP contribution in [0, 0.1) is 0 Å². The number of hydrogen-bond donors (Lipinski definition) is 2. The molecule has 1 aromatic carbocycles. The minimum absolute atomic E-state index is 0. The van der Waals surface area contributed by atoms with Crippen molar-refractivity contribution in [1.82, 2.24) is 10.6 Å². The number of benzene rings is 1. The first-order valence-electron chi connectivity index (χ1n) is 6.83. The summed E-state index contributed by atoms with van der Waals surface area (Å²) in [5.41, 5.74) is 1.27. The number of nitrogens with one attached hydrogen (secondary N) is 2. The van der Waals surface area contributed by atoms with Gasteiger partial charge in [-0.2, -0.15) is 0 Å². The van der Waals surface area contributed by atoms with Crippen LogP contribution in [0.2, 0.25) is 0 Å². The Balaban J connectivity index is 0.00000180. The second-order valence-corrected chi connectivity index (χ2v) is 5.06. The Labute approximate surface area is 121 Å². The van der Waals surface area contributed by atoms with Crippen LogP contribution in [0.5, 0.6) is 0 Å². The van der Waals surface area contributed by atoms with Gasteiger partial charge in [0.2, 0.25) is 5.91 Å². The summed E-state index contributed by atoms with van der Waals surface area (Å²) in [6, 6.07) is 10.3.